The normalized spacial score (nSPS) is 10.5. The Labute approximate surface area is 121 Å². The van der Waals surface area contributed by atoms with Crippen molar-refractivity contribution < 1.29 is 4.79 Å². The third-order valence-corrected chi connectivity index (χ3v) is 2.40. The summed E-state index contributed by atoms with van der Waals surface area (Å²) in [6.45, 7) is 2.29. The number of carbonyl (C=O) groups excluding carboxylic acids is 1. The number of carbonyl (C=O) groups is 1. The molecule has 1 aromatic carbocycles. The molecule has 5 nitrogen and oxygen atoms in total. The zero-order chi connectivity index (χ0) is 12.8. The lowest BCUT2D eigenvalue weighted by molar-refractivity contribution is 0.256. The summed E-state index contributed by atoms with van der Waals surface area (Å²) < 4.78 is 0. The Bertz CT molecular complexity index is 430. The molecule has 0 fully saturated rings. The van der Waals surface area contributed by atoms with Gasteiger partial charge in [-0.2, -0.15) is 0 Å². The summed E-state index contributed by atoms with van der Waals surface area (Å²) >= 11 is 11.8. The molecule has 8 heteroatoms. The number of rotatable bonds is 2. The maximum Gasteiger partial charge on any atom is 0.326 e. The average Bonchev–Trinajstić information content (AvgIpc) is 2.24. The fourth-order valence-electron chi connectivity index (χ4n) is 1.09. The third-order valence-electron chi connectivity index (χ3n) is 1.77. The highest BCUT2D eigenvalue weighted by atomic mass is 35.5. The molecule has 0 aromatic heterocycles. The van der Waals surface area contributed by atoms with Gasteiger partial charge in [-0.05, 0) is 19.1 Å². The van der Waals surface area contributed by atoms with E-state index in [0.717, 1.165) is 0 Å². The van der Waals surface area contributed by atoms with Crippen molar-refractivity contribution in [3.8, 4) is 0 Å². The lowest BCUT2D eigenvalue weighted by atomic mass is 10.3. The molecule has 0 saturated carbocycles. The van der Waals surface area contributed by atoms with Gasteiger partial charge in [-0.25, -0.2) is 4.79 Å². The number of halogens is 3. The van der Waals surface area contributed by atoms with Crippen molar-refractivity contribution in [3.05, 3.63) is 28.2 Å². The number of hydrogen-bond donors (Lipinski definition) is 3. The summed E-state index contributed by atoms with van der Waals surface area (Å²) in [6.07, 6.45) is 0. The predicted molar refractivity (Wildman–Crippen MR) is 78.0 cm³/mol. The van der Waals surface area contributed by atoms with Crippen molar-refractivity contribution in [2.24, 2.45) is 10.7 Å². The molecule has 0 unspecified atom stereocenters. The van der Waals surface area contributed by atoms with Crippen LogP contribution in [0.15, 0.2) is 23.2 Å². The Morgan fingerprint density at radius 3 is 2.44 bits per heavy atom. The van der Waals surface area contributed by atoms with Crippen LogP contribution in [0.5, 0.6) is 0 Å². The minimum Gasteiger partial charge on any atom is -0.370 e. The molecule has 4 N–H and O–H groups in total. The molecule has 0 saturated heterocycles. The molecule has 0 atom stereocenters. The quantitative estimate of drug-likeness (QED) is 0.580. The number of guanidine groups is 1. The molecule has 0 heterocycles. The van der Waals surface area contributed by atoms with E-state index in [4.69, 9.17) is 28.9 Å². The van der Waals surface area contributed by atoms with E-state index in [2.05, 4.69) is 15.6 Å². The largest absolute Gasteiger partial charge is 0.370 e. The number of anilines is 1. The van der Waals surface area contributed by atoms with E-state index >= 15 is 0 Å². The Balaban J connectivity index is 0.00000289. The highest BCUT2D eigenvalue weighted by Gasteiger charge is 2.09. The van der Waals surface area contributed by atoms with Gasteiger partial charge >= 0.3 is 6.03 Å². The second kappa shape index (κ2) is 8.02. The van der Waals surface area contributed by atoms with Crippen LogP contribution in [-0.4, -0.2) is 18.5 Å². The summed E-state index contributed by atoms with van der Waals surface area (Å²) in [5.74, 6) is 0.0353. The molecule has 0 bridgehead atoms. The van der Waals surface area contributed by atoms with Gasteiger partial charge in [0, 0.05) is 6.54 Å². The Morgan fingerprint density at radius 1 is 1.39 bits per heavy atom. The van der Waals surface area contributed by atoms with Gasteiger partial charge in [-0.3, -0.25) is 10.3 Å². The zero-order valence-electron chi connectivity index (χ0n) is 9.54. The topological polar surface area (TPSA) is 79.5 Å². The van der Waals surface area contributed by atoms with E-state index in [-0.39, 0.29) is 18.4 Å². The average molecular weight is 312 g/mol. The fraction of sp³-hybridized carbons (Fsp3) is 0.200. The number of hydrogen-bond acceptors (Lipinski definition) is 2. The number of nitrogens with two attached hydrogens (primary N) is 1. The van der Waals surface area contributed by atoms with Crippen LogP contribution in [0.4, 0.5) is 10.5 Å². The standard InChI is InChI=1S/C10H12Cl2N4O.ClH/c1-2-14-9(13)16-10(17)15-8-6(11)4-3-5-7(8)12;/h3-5H,2H2,1H3,(H4,13,14,15,16,17);1H. The summed E-state index contributed by atoms with van der Waals surface area (Å²) in [7, 11) is 0. The second-order valence-electron chi connectivity index (χ2n) is 3.04. The molecule has 0 aliphatic rings. The van der Waals surface area contributed by atoms with Gasteiger partial charge in [0.25, 0.3) is 0 Å². The summed E-state index contributed by atoms with van der Waals surface area (Å²) in [5, 5.41) is 5.53. The van der Waals surface area contributed by atoms with Crippen LogP contribution in [0.1, 0.15) is 6.92 Å². The number of benzene rings is 1. The highest BCUT2D eigenvalue weighted by Crippen LogP contribution is 2.29. The van der Waals surface area contributed by atoms with Crippen LogP contribution in [0.2, 0.25) is 10.0 Å². The lowest BCUT2D eigenvalue weighted by Gasteiger charge is -2.09. The molecular formula is C10H13Cl3N4O. The molecule has 0 aliphatic heterocycles. The predicted octanol–water partition coefficient (Wildman–Crippen LogP) is 2.87. The van der Waals surface area contributed by atoms with E-state index in [9.17, 15) is 4.79 Å². The van der Waals surface area contributed by atoms with Crippen LogP contribution in [-0.2, 0) is 0 Å². The Kier molecular flexibility index (Phi) is 7.50. The van der Waals surface area contributed by atoms with Crippen molar-refractivity contribution in [2.75, 3.05) is 11.9 Å². The van der Waals surface area contributed by atoms with Crippen molar-refractivity contribution in [1.29, 1.82) is 0 Å². The Morgan fingerprint density at radius 2 is 1.94 bits per heavy atom. The van der Waals surface area contributed by atoms with Crippen molar-refractivity contribution in [3.63, 3.8) is 0 Å². The molecule has 0 spiro atoms. The van der Waals surface area contributed by atoms with Gasteiger partial charge in [-0.15, -0.1) is 12.4 Å². The summed E-state index contributed by atoms with van der Waals surface area (Å²) in [6, 6.07) is 4.37. The number of amides is 2. The Hall–Kier alpha value is -1.17. The van der Waals surface area contributed by atoms with Crippen LogP contribution in [0.25, 0.3) is 0 Å². The maximum absolute atomic E-state index is 11.5. The smallest absolute Gasteiger partial charge is 0.326 e. The molecule has 2 amide bonds. The van der Waals surface area contributed by atoms with E-state index in [1.54, 1.807) is 25.1 Å². The molecule has 18 heavy (non-hydrogen) atoms. The van der Waals surface area contributed by atoms with Crippen LogP contribution in [0.3, 0.4) is 0 Å². The monoisotopic (exact) mass is 310 g/mol. The first-order chi connectivity index (χ1) is 8.04. The van der Waals surface area contributed by atoms with Crippen molar-refractivity contribution in [1.82, 2.24) is 5.32 Å². The van der Waals surface area contributed by atoms with Crippen molar-refractivity contribution >= 4 is 53.3 Å². The van der Waals surface area contributed by atoms with E-state index in [0.29, 0.717) is 22.3 Å². The number of urea groups is 1. The van der Waals surface area contributed by atoms with Gasteiger partial charge in [0.15, 0.2) is 5.96 Å². The van der Waals surface area contributed by atoms with Gasteiger partial charge < -0.3 is 11.1 Å². The minimum atomic E-state index is -0.547. The van der Waals surface area contributed by atoms with Gasteiger partial charge in [-0.1, -0.05) is 29.3 Å². The second-order valence-corrected chi connectivity index (χ2v) is 3.85. The molecule has 1 aromatic rings. The molecule has 100 valence electrons. The first-order valence-corrected chi connectivity index (χ1v) is 5.62. The fourth-order valence-corrected chi connectivity index (χ4v) is 1.58. The zero-order valence-corrected chi connectivity index (χ0v) is 11.9. The number of nitrogens with zero attached hydrogens (tertiary/aromatic N) is 1. The number of aliphatic imine (C=N–C) groups is 1. The minimum absolute atomic E-state index is 0. The lowest BCUT2D eigenvalue weighted by Crippen LogP contribution is -2.39. The van der Waals surface area contributed by atoms with Gasteiger partial charge in [0.1, 0.15) is 0 Å². The van der Waals surface area contributed by atoms with E-state index < -0.39 is 6.03 Å². The molecular weight excluding hydrogens is 298 g/mol. The number of para-hydroxylation sites is 1. The highest BCUT2D eigenvalue weighted by molar-refractivity contribution is 6.39. The van der Waals surface area contributed by atoms with Crippen LogP contribution in [0, 0.1) is 0 Å². The summed E-state index contributed by atoms with van der Waals surface area (Å²) in [5.41, 5.74) is 5.76. The molecule has 0 aliphatic carbocycles. The number of nitrogens with one attached hydrogen (secondary N) is 2. The van der Waals surface area contributed by atoms with Crippen molar-refractivity contribution in [2.45, 2.75) is 6.92 Å². The maximum atomic E-state index is 11.5. The first kappa shape index (κ1) is 16.8. The SMILES string of the molecule is CCN=C(N)NC(=O)Nc1c(Cl)cccc1Cl.Cl. The van der Waals surface area contributed by atoms with Crippen LogP contribution >= 0.6 is 35.6 Å². The van der Waals surface area contributed by atoms with E-state index in [1.807, 2.05) is 0 Å². The molecule has 1 rings (SSSR count). The van der Waals surface area contributed by atoms with E-state index in [1.165, 1.54) is 0 Å². The summed E-state index contributed by atoms with van der Waals surface area (Å²) in [4.78, 5) is 15.3. The first-order valence-electron chi connectivity index (χ1n) is 4.86. The molecule has 0 radical (unpaired) electrons. The van der Waals surface area contributed by atoms with Gasteiger partial charge in [0.2, 0.25) is 0 Å². The van der Waals surface area contributed by atoms with Gasteiger partial charge in [0.05, 0.1) is 15.7 Å². The van der Waals surface area contributed by atoms with Crippen LogP contribution < -0.4 is 16.4 Å². The third kappa shape index (κ3) is 5.00.